The fraction of sp³-hybridized carbons (Fsp3) is 0. The Labute approximate surface area is 157 Å². The van der Waals surface area contributed by atoms with Gasteiger partial charge < -0.3 is 15.4 Å². The Balaban J connectivity index is 0.000000417. The molecule has 2 aromatic carbocycles. The number of non-ortho nitro benzene ring substituents is 1. The lowest BCUT2D eigenvalue weighted by Gasteiger charge is -2.08. The molecule has 0 radical (unpaired) electrons. The van der Waals surface area contributed by atoms with Crippen molar-refractivity contribution in [3.8, 4) is 5.75 Å². The maximum Gasteiger partial charge on any atom is 0.271 e. The first kappa shape index (κ1) is 19.2. The Hall–Kier alpha value is -3.10. The van der Waals surface area contributed by atoms with Crippen LogP contribution in [0, 0.1) is 10.1 Å². The molecule has 134 valence electrons. The van der Waals surface area contributed by atoms with E-state index < -0.39 is 10.8 Å². The molecule has 3 N–H and O–H groups in total. The van der Waals surface area contributed by atoms with Crippen LogP contribution in [-0.2, 0) is 0 Å². The monoisotopic (exact) mass is 394 g/mol. The average Bonchev–Trinajstić information content (AvgIpc) is 3.18. The van der Waals surface area contributed by atoms with Gasteiger partial charge in [0.1, 0.15) is 5.75 Å². The number of nitrogens with zero attached hydrogens (tertiary/aromatic N) is 2. The fourth-order valence-corrected chi connectivity index (χ4v) is 2.21. The second kappa shape index (κ2) is 8.84. The number of halogens is 2. The summed E-state index contributed by atoms with van der Waals surface area (Å²) < 4.78 is 0. The summed E-state index contributed by atoms with van der Waals surface area (Å²) in [5.41, 5.74) is -0.0350. The van der Waals surface area contributed by atoms with Gasteiger partial charge in [-0.05, 0) is 24.3 Å². The molecule has 0 aliphatic heterocycles. The zero-order valence-electron chi connectivity index (χ0n) is 13.0. The highest BCUT2D eigenvalue weighted by atomic mass is 35.5. The van der Waals surface area contributed by atoms with Crippen LogP contribution in [0.5, 0.6) is 5.75 Å². The number of phenols is 1. The highest BCUT2D eigenvalue weighted by molar-refractivity contribution is 6.34. The number of hydrogen-bond acceptors (Lipinski definition) is 5. The minimum Gasteiger partial charge on any atom is -0.507 e. The number of nitrogens with one attached hydrogen (secondary N) is 2. The van der Waals surface area contributed by atoms with E-state index in [-0.39, 0.29) is 32.7 Å². The minimum atomic E-state index is -0.634. The van der Waals surface area contributed by atoms with Crippen LogP contribution in [0.4, 0.5) is 11.4 Å². The van der Waals surface area contributed by atoms with E-state index in [0.717, 1.165) is 6.07 Å². The molecule has 1 heterocycles. The van der Waals surface area contributed by atoms with Gasteiger partial charge in [-0.2, -0.15) is 0 Å². The standard InChI is InChI=1S/C13H8Cl2N2O4.C3H4N2/c14-7-1-4-12(18)9(5-7)13(19)16-11-3-2-8(17(20)21)6-10(11)15;1-2-5-3-4-1/h1-6,18H,(H,16,19);1-3H,(H,4,5). The highest BCUT2D eigenvalue weighted by Gasteiger charge is 2.15. The van der Waals surface area contributed by atoms with E-state index in [1.165, 1.54) is 30.3 Å². The van der Waals surface area contributed by atoms with Crippen LogP contribution in [-0.4, -0.2) is 25.9 Å². The van der Waals surface area contributed by atoms with Gasteiger partial charge in [0.2, 0.25) is 0 Å². The van der Waals surface area contributed by atoms with Crippen molar-refractivity contribution in [1.29, 1.82) is 0 Å². The molecular formula is C16H12Cl2N4O4. The second-order valence-corrected chi connectivity index (χ2v) is 5.64. The Morgan fingerprint density at radius 3 is 2.54 bits per heavy atom. The zero-order chi connectivity index (χ0) is 19.1. The number of aromatic hydroxyl groups is 1. The number of rotatable bonds is 3. The number of benzene rings is 2. The van der Waals surface area contributed by atoms with Gasteiger partial charge in [0.15, 0.2) is 0 Å². The van der Waals surface area contributed by atoms with E-state index in [9.17, 15) is 20.0 Å². The van der Waals surface area contributed by atoms with Crippen LogP contribution in [0.1, 0.15) is 10.4 Å². The Kier molecular flexibility index (Phi) is 6.54. The Bertz CT molecular complexity index is 899. The van der Waals surface area contributed by atoms with E-state index in [1.807, 2.05) is 0 Å². The van der Waals surface area contributed by atoms with Gasteiger partial charge in [-0.1, -0.05) is 23.2 Å². The molecule has 10 heteroatoms. The Morgan fingerprint density at radius 1 is 1.23 bits per heavy atom. The molecule has 0 spiro atoms. The molecule has 1 amide bonds. The fourth-order valence-electron chi connectivity index (χ4n) is 1.81. The summed E-state index contributed by atoms with van der Waals surface area (Å²) in [4.78, 5) is 28.5. The molecule has 0 bridgehead atoms. The van der Waals surface area contributed by atoms with Gasteiger partial charge in [-0.25, -0.2) is 4.98 Å². The van der Waals surface area contributed by atoms with Gasteiger partial charge in [-0.3, -0.25) is 14.9 Å². The van der Waals surface area contributed by atoms with Crippen LogP contribution in [0.25, 0.3) is 0 Å². The molecule has 0 saturated carbocycles. The molecule has 3 aromatic rings. The molecule has 1 aromatic heterocycles. The molecule has 0 aliphatic rings. The lowest BCUT2D eigenvalue weighted by atomic mass is 10.2. The van der Waals surface area contributed by atoms with E-state index in [4.69, 9.17) is 23.2 Å². The van der Waals surface area contributed by atoms with E-state index >= 15 is 0 Å². The number of H-pyrrole nitrogens is 1. The molecule has 0 aliphatic carbocycles. The maximum atomic E-state index is 12.0. The third kappa shape index (κ3) is 5.20. The minimum absolute atomic E-state index is 0.0130. The molecule has 0 saturated heterocycles. The molecule has 0 unspecified atom stereocenters. The van der Waals surface area contributed by atoms with Crippen LogP contribution < -0.4 is 5.32 Å². The van der Waals surface area contributed by atoms with Gasteiger partial charge in [0.05, 0.1) is 27.5 Å². The number of anilines is 1. The summed E-state index contributed by atoms with van der Waals surface area (Å²) in [6, 6.07) is 7.65. The SMILES string of the molecule is O=C(Nc1ccc([N+](=O)[O-])cc1Cl)c1cc(Cl)ccc1O.c1c[nH]cn1. The average molecular weight is 395 g/mol. The van der Waals surface area contributed by atoms with Crippen molar-refractivity contribution in [2.75, 3.05) is 5.32 Å². The van der Waals surface area contributed by atoms with Crippen LogP contribution >= 0.6 is 23.2 Å². The highest BCUT2D eigenvalue weighted by Crippen LogP contribution is 2.28. The molecule has 0 atom stereocenters. The normalized spacial score (nSPS) is 9.77. The molecular weight excluding hydrogens is 383 g/mol. The first-order valence-corrected chi connectivity index (χ1v) is 7.80. The van der Waals surface area contributed by atoms with E-state index in [0.29, 0.717) is 0 Å². The topological polar surface area (TPSA) is 121 Å². The Morgan fingerprint density at radius 2 is 2.00 bits per heavy atom. The lowest BCUT2D eigenvalue weighted by Crippen LogP contribution is -2.12. The summed E-state index contributed by atoms with van der Waals surface area (Å²) in [5.74, 6) is -0.874. The van der Waals surface area contributed by atoms with Gasteiger partial charge in [0, 0.05) is 29.5 Å². The lowest BCUT2D eigenvalue weighted by molar-refractivity contribution is -0.384. The largest absolute Gasteiger partial charge is 0.507 e. The third-order valence-electron chi connectivity index (χ3n) is 3.02. The number of carbonyl (C=O) groups excluding carboxylic acids is 1. The van der Waals surface area contributed by atoms with Crippen molar-refractivity contribution in [3.63, 3.8) is 0 Å². The van der Waals surface area contributed by atoms with Crippen molar-refractivity contribution >= 4 is 40.5 Å². The van der Waals surface area contributed by atoms with Crippen molar-refractivity contribution in [2.24, 2.45) is 0 Å². The number of phenolic OH excluding ortho intramolecular Hbond substituents is 1. The first-order valence-electron chi connectivity index (χ1n) is 7.05. The number of imidazole rings is 1. The molecule has 26 heavy (non-hydrogen) atoms. The number of nitro groups is 1. The number of carbonyl (C=O) groups is 1. The van der Waals surface area contributed by atoms with Gasteiger partial charge in [-0.15, -0.1) is 0 Å². The van der Waals surface area contributed by atoms with E-state index in [2.05, 4.69) is 15.3 Å². The smallest absolute Gasteiger partial charge is 0.271 e. The quantitative estimate of drug-likeness (QED) is 0.452. The summed E-state index contributed by atoms with van der Waals surface area (Å²) in [6.45, 7) is 0. The van der Waals surface area contributed by atoms with Crippen LogP contribution in [0.2, 0.25) is 10.0 Å². The molecule has 3 rings (SSSR count). The molecule has 0 fully saturated rings. The van der Waals surface area contributed by atoms with Crippen molar-refractivity contribution < 1.29 is 14.8 Å². The maximum absolute atomic E-state index is 12.0. The molecule has 8 nitrogen and oxygen atoms in total. The second-order valence-electron chi connectivity index (χ2n) is 4.80. The van der Waals surface area contributed by atoms with Crippen molar-refractivity contribution in [1.82, 2.24) is 9.97 Å². The van der Waals surface area contributed by atoms with Crippen molar-refractivity contribution in [3.05, 3.63) is 80.8 Å². The summed E-state index contributed by atoms with van der Waals surface area (Å²) in [7, 11) is 0. The number of aromatic amines is 1. The third-order valence-corrected chi connectivity index (χ3v) is 3.57. The summed E-state index contributed by atoms with van der Waals surface area (Å²) in [5, 5.41) is 23.0. The van der Waals surface area contributed by atoms with Gasteiger partial charge >= 0.3 is 0 Å². The number of hydrogen-bond donors (Lipinski definition) is 3. The number of nitro benzene ring substituents is 1. The summed E-state index contributed by atoms with van der Waals surface area (Å²) >= 11 is 11.6. The van der Waals surface area contributed by atoms with Crippen molar-refractivity contribution in [2.45, 2.75) is 0 Å². The predicted octanol–water partition coefficient (Wildman–Crippen LogP) is 4.27. The van der Waals surface area contributed by atoms with Crippen LogP contribution in [0.15, 0.2) is 55.1 Å². The van der Waals surface area contributed by atoms with Crippen LogP contribution in [0.3, 0.4) is 0 Å². The zero-order valence-corrected chi connectivity index (χ0v) is 14.5. The number of aromatic nitrogens is 2. The number of amides is 1. The van der Waals surface area contributed by atoms with E-state index in [1.54, 1.807) is 18.7 Å². The summed E-state index contributed by atoms with van der Waals surface area (Å²) in [6.07, 6.45) is 5.08. The predicted molar refractivity (Wildman–Crippen MR) is 97.8 cm³/mol. The van der Waals surface area contributed by atoms with Gasteiger partial charge in [0.25, 0.3) is 11.6 Å². The first-order chi connectivity index (χ1) is 12.4.